The van der Waals surface area contributed by atoms with Gasteiger partial charge in [0.1, 0.15) is 18.4 Å². The van der Waals surface area contributed by atoms with Crippen LogP contribution in [0.3, 0.4) is 0 Å². The van der Waals surface area contributed by atoms with Crippen LogP contribution in [0, 0.1) is 5.41 Å². The predicted octanol–water partition coefficient (Wildman–Crippen LogP) is 4.86. The number of allylic oxidation sites excluding steroid dienone is 1. The molecule has 6 N–H and O–H groups in total. The fourth-order valence-electron chi connectivity index (χ4n) is 5.34. The van der Waals surface area contributed by atoms with Gasteiger partial charge < -0.3 is 31.2 Å². The highest BCUT2D eigenvalue weighted by molar-refractivity contribution is 5.72. The van der Waals surface area contributed by atoms with Gasteiger partial charge in [0.2, 0.25) is 0 Å². The molecule has 2 atom stereocenters. The summed E-state index contributed by atoms with van der Waals surface area (Å²) in [7, 11) is 1.60. The smallest absolute Gasteiger partial charge is 0.320 e. The molecular weight excluding hydrogens is 472 g/mol. The zero-order chi connectivity index (χ0) is 27.1. The second kappa shape index (κ2) is 16.4. The van der Waals surface area contributed by atoms with E-state index in [-0.39, 0.29) is 12.3 Å². The number of carboxylic acids is 2. The summed E-state index contributed by atoms with van der Waals surface area (Å²) in [6.07, 6.45) is 15.3. The predicted molar refractivity (Wildman–Crippen MR) is 145 cm³/mol. The first-order valence-electron chi connectivity index (χ1n) is 13.6. The van der Waals surface area contributed by atoms with Crippen molar-refractivity contribution in [2.24, 2.45) is 16.9 Å². The fourth-order valence-corrected chi connectivity index (χ4v) is 5.34. The van der Waals surface area contributed by atoms with Crippen molar-refractivity contribution in [1.82, 2.24) is 0 Å². The minimum absolute atomic E-state index is 0.0724. The zero-order valence-corrected chi connectivity index (χ0v) is 22.3. The van der Waals surface area contributed by atoms with Crippen molar-refractivity contribution in [3.63, 3.8) is 0 Å². The van der Waals surface area contributed by atoms with Gasteiger partial charge in [-0.3, -0.25) is 9.59 Å². The molecule has 1 aromatic rings. The van der Waals surface area contributed by atoms with Crippen molar-refractivity contribution in [1.29, 1.82) is 0 Å². The number of unbranched alkanes of at least 4 members (excludes halogenated alkanes) is 1. The molecule has 0 heterocycles. The molecule has 1 fully saturated rings. The summed E-state index contributed by atoms with van der Waals surface area (Å²) in [6.45, 7) is 1.67. The molecule has 0 saturated heterocycles. The maximum atomic E-state index is 11.0. The zero-order valence-electron chi connectivity index (χ0n) is 22.3. The molecule has 8 heteroatoms. The molecule has 2 aliphatic rings. The Morgan fingerprint density at radius 2 is 1.70 bits per heavy atom. The first-order chi connectivity index (χ1) is 17.8. The average Bonchev–Trinajstić information content (AvgIpc) is 2.88. The Kier molecular flexibility index (Phi) is 13.7. The van der Waals surface area contributed by atoms with Gasteiger partial charge in [-0.1, -0.05) is 43.9 Å². The summed E-state index contributed by atoms with van der Waals surface area (Å²) in [4.78, 5) is 21.2. The number of methoxy groups -OCH3 is 1. The summed E-state index contributed by atoms with van der Waals surface area (Å²) >= 11 is 0. The quantitative estimate of drug-likeness (QED) is 0.214. The first-order valence-corrected chi connectivity index (χ1v) is 13.6. The Bertz CT molecular complexity index is 848. The van der Waals surface area contributed by atoms with E-state index in [2.05, 4.69) is 6.08 Å². The lowest BCUT2D eigenvalue weighted by Gasteiger charge is -2.38. The second-order valence-electron chi connectivity index (χ2n) is 10.4. The van der Waals surface area contributed by atoms with Gasteiger partial charge in [0.25, 0.3) is 0 Å². The number of carbonyl (C=O) groups is 2. The Labute approximate surface area is 221 Å². The molecule has 1 saturated carbocycles. The SMILES string of the molecule is COCC(CC(=O)O)c1ccc(OCC2=CC3(CCCCC3)CCC2)cc1.NCCCC[C@H](N)C(=O)O. The number of aliphatic carboxylic acids is 2. The van der Waals surface area contributed by atoms with Crippen LogP contribution in [0.1, 0.15) is 88.5 Å². The first kappa shape index (κ1) is 30.8. The molecule has 1 unspecified atom stereocenters. The van der Waals surface area contributed by atoms with E-state index in [1.807, 2.05) is 24.3 Å². The lowest BCUT2D eigenvalue weighted by atomic mass is 9.67. The lowest BCUT2D eigenvalue weighted by Crippen LogP contribution is -2.29. The van der Waals surface area contributed by atoms with Gasteiger partial charge in [-0.25, -0.2) is 0 Å². The third-order valence-corrected chi connectivity index (χ3v) is 7.38. The lowest BCUT2D eigenvalue weighted by molar-refractivity contribution is -0.139. The van der Waals surface area contributed by atoms with Crippen molar-refractivity contribution in [2.45, 2.75) is 89.0 Å². The van der Waals surface area contributed by atoms with Crippen LogP contribution in [0.5, 0.6) is 5.75 Å². The minimum atomic E-state index is -0.933. The summed E-state index contributed by atoms with van der Waals surface area (Å²) in [5.41, 5.74) is 13.3. The van der Waals surface area contributed by atoms with Crippen LogP contribution in [0.15, 0.2) is 35.9 Å². The number of carboxylic acid groups (broad SMARTS) is 2. The maximum absolute atomic E-state index is 11.0. The molecule has 0 radical (unpaired) electrons. The van der Waals surface area contributed by atoms with Crippen LogP contribution in [-0.2, 0) is 14.3 Å². The molecule has 0 amide bonds. The van der Waals surface area contributed by atoms with E-state index in [4.69, 9.17) is 31.2 Å². The highest BCUT2D eigenvalue weighted by Crippen LogP contribution is 2.45. The molecule has 208 valence electrons. The molecule has 37 heavy (non-hydrogen) atoms. The average molecular weight is 519 g/mol. The van der Waals surface area contributed by atoms with Crippen LogP contribution < -0.4 is 16.2 Å². The topological polar surface area (TPSA) is 145 Å². The van der Waals surface area contributed by atoms with Gasteiger partial charge in [0.05, 0.1) is 13.0 Å². The van der Waals surface area contributed by atoms with Gasteiger partial charge in [0, 0.05) is 13.0 Å². The number of hydrogen-bond donors (Lipinski definition) is 4. The molecule has 8 nitrogen and oxygen atoms in total. The van der Waals surface area contributed by atoms with Crippen molar-refractivity contribution in [3.05, 3.63) is 41.5 Å². The maximum Gasteiger partial charge on any atom is 0.320 e. The number of rotatable bonds is 13. The van der Waals surface area contributed by atoms with E-state index in [0.717, 1.165) is 30.6 Å². The Hall–Kier alpha value is -2.42. The van der Waals surface area contributed by atoms with E-state index < -0.39 is 18.0 Å². The molecule has 1 spiro atoms. The number of hydrogen-bond acceptors (Lipinski definition) is 6. The van der Waals surface area contributed by atoms with Gasteiger partial charge >= 0.3 is 11.9 Å². The van der Waals surface area contributed by atoms with Gasteiger partial charge in [-0.15, -0.1) is 0 Å². The van der Waals surface area contributed by atoms with E-state index in [1.54, 1.807) is 7.11 Å². The molecule has 1 aromatic carbocycles. The molecular formula is C29H46N2O6. The van der Waals surface area contributed by atoms with Crippen molar-refractivity contribution in [3.8, 4) is 5.75 Å². The number of nitrogens with two attached hydrogens (primary N) is 2. The third kappa shape index (κ3) is 11.2. The number of ether oxygens (including phenoxy) is 2. The molecule has 0 aliphatic heterocycles. The Balaban J connectivity index is 0.000000410. The van der Waals surface area contributed by atoms with E-state index in [0.29, 0.717) is 31.6 Å². The highest BCUT2D eigenvalue weighted by atomic mass is 16.5. The van der Waals surface area contributed by atoms with Gasteiger partial charge in [-0.05, 0) is 80.2 Å². The minimum Gasteiger partial charge on any atom is -0.489 e. The van der Waals surface area contributed by atoms with Crippen LogP contribution >= 0.6 is 0 Å². The van der Waals surface area contributed by atoms with Crippen LogP contribution in [-0.4, -0.2) is 55.1 Å². The highest BCUT2D eigenvalue weighted by Gasteiger charge is 2.32. The van der Waals surface area contributed by atoms with E-state index in [1.165, 1.54) is 50.5 Å². The summed E-state index contributed by atoms with van der Waals surface area (Å²) in [5.74, 6) is -1.03. The summed E-state index contributed by atoms with van der Waals surface area (Å²) in [5, 5.41) is 17.4. The van der Waals surface area contributed by atoms with E-state index in [9.17, 15) is 9.59 Å². The van der Waals surface area contributed by atoms with Gasteiger partial charge in [0.15, 0.2) is 0 Å². The fraction of sp³-hybridized carbons (Fsp3) is 0.655. The number of benzene rings is 1. The van der Waals surface area contributed by atoms with Crippen molar-refractivity contribution in [2.75, 3.05) is 26.9 Å². The molecule has 0 aromatic heterocycles. The van der Waals surface area contributed by atoms with Crippen molar-refractivity contribution >= 4 is 11.9 Å². The Morgan fingerprint density at radius 1 is 1.03 bits per heavy atom. The summed E-state index contributed by atoms with van der Waals surface area (Å²) < 4.78 is 11.2. The summed E-state index contributed by atoms with van der Waals surface area (Å²) in [6, 6.07) is 7.09. The monoisotopic (exact) mass is 518 g/mol. The Morgan fingerprint density at radius 3 is 2.30 bits per heavy atom. The van der Waals surface area contributed by atoms with Crippen LogP contribution in [0.25, 0.3) is 0 Å². The third-order valence-electron chi connectivity index (χ3n) is 7.38. The largest absolute Gasteiger partial charge is 0.489 e. The molecule has 3 rings (SSSR count). The molecule has 0 bridgehead atoms. The normalized spacial score (nSPS) is 18.2. The standard InChI is InChI=1S/C23H32O4.C6H14N2O2/c1-26-17-20(14-22(24)25)19-7-9-21(10-8-19)27-16-18-6-5-13-23(15-18)11-3-2-4-12-23;7-4-2-1-3-5(8)6(9)10/h7-10,15,20H,2-6,11-14,16-17H2,1H3,(H,24,25);5H,1-4,7-8H2,(H,9,10)/t;5-/m.0/s1. The van der Waals surface area contributed by atoms with Crippen molar-refractivity contribution < 1.29 is 29.3 Å². The van der Waals surface area contributed by atoms with E-state index >= 15 is 0 Å². The van der Waals surface area contributed by atoms with Crippen LogP contribution in [0.4, 0.5) is 0 Å². The van der Waals surface area contributed by atoms with Gasteiger partial charge in [-0.2, -0.15) is 0 Å². The second-order valence-corrected chi connectivity index (χ2v) is 10.4. The molecule has 2 aliphatic carbocycles. The van der Waals surface area contributed by atoms with Crippen LogP contribution in [0.2, 0.25) is 0 Å².